The summed E-state index contributed by atoms with van der Waals surface area (Å²) in [6.45, 7) is 0.670. The Balaban J connectivity index is 2.24. The lowest BCUT2D eigenvalue weighted by molar-refractivity contribution is -0.465. The Kier molecular flexibility index (Phi) is 4.77. The van der Waals surface area contributed by atoms with Crippen LogP contribution in [-0.4, -0.2) is 17.0 Å². The van der Waals surface area contributed by atoms with Crippen LogP contribution in [0.1, 0.15) is 38.5 Å². The van der Waals surface area contributed by atoms with Crippen molar-refractivity contribution < 1.29 is 4.74 Å². The largest absolute Gasteiger partial charge is 0.624 e. The summed E-state index contributed by atoms with van der Waals surface area (Å²) in [6.07, 6.45) is 9.27. The molecule has 0 aromatic carbocycles. The van der Waals surface area contributed by atoms with Gasteiger partial charge in [-0.25, -0.2) is 4.74 Å². The lowest BCUT2D eigenvalue weighted by Gasteiger charge is -2.15. The van der Waals surface area contributed by atoms with Crippen molar-refractivity contribution in [2.45, 2.75) is 38.5 Å². The van der Waals surface area contributed by atoms with Gasteiger partial charge in [-0.3, -0.25) is 0 Å². The van der Waals surface area contributed by atoms with Crippen molar-refractivity contribution in [2.75, 3.05) is 6.54 Å². The summed E-state index contributed by atoms with van der Waals surface area (Å²) in [7, 11) is 0. The summed E-state index contributed by atoms with van der Waals surface area (Å²) < 4.78 is 1.15. The second-order valence-corrected chi connectivity index (χ2v) is 3.55. The van der Waals surface area contributed by atoms with Crippen molar-refractivity contribution in [1.82, 2.24) is 0 Å². The van der Waals surface area contributed by atoms with Gasteiger partial charge in [0.1, 0.15) is 0 Å². The molecule has 0 bridgehead atoms. The summed E-state index contributed by atoms with van der Waals surface area (Å²) in [5.41, 5.74) is 1.04. The van der Waals surface area contributed by atoms with E-state index in [4.69, 9.17) is 5.26 Å². The van der Waals surface area contributed by atoms with E-state index in [0.717, 1.165) is 49.0 Å². The molecule has 0 aromatic heterocycles. The Labute approximate surface area is 84.9 Å². The first-order valence-corrected chi connectivity index (χ1v) is 5.18. The predicted molar refractivity (Wildman–Crippen MR) is 56.0 cm³/mol. The van der Waals surface area contributed by atoms with E-state index in [-0.39, 0.29) is 0 Å². The van der Waals surface area contributed by atoms with E-state index in [1.54, 1.807) is 0 Å². The van der Waals surface area contributed by atoms with Gasteiger partial charge in [0.2, 0.25) is 0 Å². The second kappa shape index (κ2) is 6.20. The Morgan fingerprint density at radius 1 is 1.50 bits per heavy atom. The van der Waals surface area contributed by atoms with Gasteiger partial charge in [0, 0.05) is 25.3 Å². The van der Waals surface area contributed by atoms with Crippen LogP contribution in [0.2, 0.25) is 0 Å². The number of unbranched alkanes of at least 4 members (excludes halogenated alkanes) is 1. The fraction of sp³-hybridized carbons (Fsp3) is 0.636. The molecule has 1 aliphatic rings. The zero-order valence-electron chi connectivity index (χ0n) is 8.41. The van der Waals surface area contributed by atoms with Gasteiger partial charge in [-0.05, 0) is 19.3 Å². The monoisotopic (exact) mass is 192 g/mol. The van der Waals surface area contributed by atoms with Crippen molar-refractivity contribution >= 4 is 5.71 Å². The molecule has 0 unspecified atom stereocenters. The standard InChI is InChI=1S/C11H16N2O/c12-9-5-2-1-3-7-11-8-4-6-10-13(11)14/h2,5H,1,3-4,6-8,10H2/b5-2-. The van der Waals surface area contributed by atoms with Crippen molar-refractivity contribution in [3.05, 3.63) is 17.4 Å². The number of hydrogen-bond donors (Lipinski definition) is 0. The fourth-order valence-electron chi connectivity index (χ4n) is 1.68. The van der Waals surface area contributed by atoms with Gasteiger partial charge in [0.15, 0.2) is 12.3 Å². The van der Waals surface area contributed by atoms with Crippen molar-refractivity contribution in [3.63, 3.8) is 0 Å². The van der Waals surface area contributed by atoms with Gasteiger partial charge in [0.25, 0.3) is 0 Å². The lowest BCUT2D eigenvalue weighted by atomic mass is 10.0. The van der Waals surface area contributed by atoms with Crippen LogP contribution in [0.3, 0.4) is 0 Å². The van der Waals surface area contributed by atoms with E-state index >= 15 is 0 Å². The molecule has 3 nitrogen and oxygen atoms in total. The average Bonchev–Trinajstić information content (AvgIpc) is 2.20. The zero-order chi connectivity index (χ0) is 10.2. The molecule has 0 aromatic rings. The van der Waals surface area contributed by atoms with E-state index in [9.17, 15) is 5.21 Å². The SMILES string of the molecule is N#C/C=C\CCCC1=[N+]([O-])CCCC1. The van der Waals surface area contributed by atoms with E-state index < -0.39 is 0 Å². The Morgan fingerprint density at radius 3 is 3.07 bits per heavy atom. The molecule has 3 heteroatoms. The number of rotatable bonds is 4. The summed E-state index contributed by atoms with van der Waals surface area (Å²) in [5.74, 6) is 0. The topological polar surface area (TPSA) is 49.9 Å². The number of allylic oxidation sites excluding steroid dienone is 2. The zero-order valence-corrected chi connectivity index (χ0v) is 8.41. The van der Waals surface area contributed by atoms with E-state index in [0.29, 0.717) is 6.54 Å². The van der Waals surface area contributed by atoms with Gasteiger partial charge in [0.05, 0.1) is 6.07 Å². The highest BCUT2D eigenvalue weighted by molar-refractivity contribution is 5.80. The van der Waals surface area contributed by atoms with Crippen LogP contribution >= 0.6 is 0 Å². The molecule has 14 heavy (non-hydrogen) atoms. The second-order valence-electron chi connectivity index (χ2n) is 3.55. The van der Waals surface area contributed by atoms with E-state index in [1.165, 1.54) is 6.08 Å². The Morgan fingerprint density at radius 2 is 2.36 bits per heavy atom. The maximum Gasteiger partial charge on any atom is 0.163 e. The smallest absolute Gasteiger partial charge is 0.163 e. The van der Waals surface area contributed by atoms with Gasteiger partial charge in [-0.2, -0.15) is 5.26 Å². The minimum Gasteiger partial charge on any atom is -0.624 e. The number of hydrogen-bond acceptors (Lipinski definition) is 2. The van der Waals surface area contributed by atoms with Gasteiger partial charge in [-0.15, -0.1) is 0 Å². The molecular weight excluding hydrogens is 176 g/mol. The summed E-state index contributed by atoms with van der Waals surface area (Å²) in [4.78, 5) is 0. The molecule has 0 saturated heterocycles. The number of nitrogens with zero attached hydrogens (tertiary/aromatic N) is 2. The maximum absolute atomic E-state index is 11.3. The minimum absolute atomic E-state index is 0.670. The van der Waals surface area contributed by atoms with E-state index in [1.807, 2.05) is 12.1 Å². The van der Waals surface area contributed by atoms with Crippen molar-refractivity contribution in [2.24, 2.45) is 0 Å². The summed E-state index contributed by atoms with van der Waals surface area (Å²) in [5, 5.41) is 19.6. The van der Waals surface area contributed by atoms with Crippen LogP contribution in [0.25, 0.3) is 0 Å². The fourth-order valence-corrected chi connectivity index (χ4v) is 1.68. The number of nitriles is 1. The quantitative estimate of drug-likeness (QED) is 0.297. The van der Waals surface area contributed by atoms with Crippen LogP contribution in [0.4, 0.5) is 0 Å². The van der Waals surface area contributed by atoms with E-state index in [2.05, 4.69) is 0 Å². The van der Waals surface area contributed by atoms with Crippen LogP contribution < -0.4 is 0 Å². The molecule has 0 amide bonds. The van der Waals surface area contributed by atoms with Gasteiger partial charge >= 0.3 is 0 Å². The highest BCUT2D eigenvalue weighted by Crippen LogP contribution is 2.10. The number of hydroxylamine groups is 1. The first kappa shape index (κ1) is 10.8. The third-order valence-electron chi connectivity index (χ3n) is 2.46. The highest BCUT2D eigenvalue weighted by atomic mass is 16.5. The molecule has 0 N–H and O–H groups in total. The van der Waals surface area contributed by atoms with Gasteiger partial charge in [-0.1, -0.05) is 6.08 Å². The predicted octanol–water partition coefficient (Wildman–Crippen LogP) is 2.37. The molecule has 1 heterocycles. The molecule has 1 rings (SSSR count). The normalized spacial score (nSPS) is 17.4. The van der Waals surface area contributed by atoms with Crippen molar-refractivity contribution in [3.8, 4) is 6.07 Å². The molecule has 0 spiro atoms. The molecule has 76 valence electrons. The molecule has 0 aliphatic carbocycles. The maximum atomic E-state index is 11.3. The summed E-state index contributed by atoms with van der Waals surface area (Å²) >= 11 is 0. The first-order valence-electron chi connectivity index (χ1n) is 5.18. The Bertz CT molecular complexity index is 274. The van der Waals surface area contributed by atoms with Gasteiger partial charge < -0.3 is 5.21 Å². The lowest BCUT2D eigenvalue weighted by Crippen LogP contribution is -2.21. The third kappa shape index (κ3) is 3.61. The van der Waals surface area contributed by atoms with Crippen LogP contribution in [0, 0.1) is 16.5 Å². The van der Waals surface area contributed by atoms with Crippen LogP contribution in [0.15, 0.2) is 12.2 Å². The minimum atomic E-state index is 0.670. The highest BCUT2D eigenvalue weighted by Gasteiger charge is 2.13. The average molecular weight is 192 g/mol. The third-order valence-corrected chi connectivity index (χ3v) is 2.46. The van der Waals surface area contributed by atoms with Crippen molar-refractivity contribution in [1.29, 1.82) is 5.26 Å². The molecule has 0 saturated carbocycles. The molecule has 0 fully saturated rings. The molecule has 1 aliphatic heterocycles. The molecule has 0 radical (unpaired) electrons. The molecule has 0 atom stereocenters. The first-order chi connectivity index (χ1) is 6.84. The van der Waals surface area contributed by atoms with Crippen LogP contribution in [0.5, 0.6) is 0 Å². The summed E-state index contributed by atoms with van der Waals surface area (Å²) in [6, 6.07) is 1.96. The Hall–Kier alpha value is -1.30. The van der Waals surface area contributed by atoms with Crippen LogP contribution in [-0.2, 0) is 0 Å². The molecular formula is C11H16N2O.